The van der Waals surface area contributed by atoms with Gasteiger partial charge in [0.2, 0.25) is 0 Å². The van der Waals surface area contributed by atoms with Crippen molar-refractivity contribution in [2.24, 2.45) is 5.92 Å². The van der Waals surface area contributed by atoms with E-state index in [0.29, 0.717) is 17.2 Å². The molecule has 1 unspecified atom stereocenters. The molecule has 4 heteroatoms. The molecular weight excluding hydrogens is 260 g/mol. The molecule has 0 aliphatic carbocycles. The molecular formula is C15H25ClN2O. The van der Waals surface area contributed by atoms with E-state index in [4.69, 9.17) is 5.73 Å². The number of hydrogen-bond donors (Lipinski definition) is 2. The maximum Gasteiger partial charge on any atom is 0.251 e. The number of anilines is 1. The molecule has 3 N–H and O–H groups in total. The van der Waals surface area contributed by atoms with Crippen LogP contribution >= 0.6 is 12.4 Å². The van der Waals surface area contributed by atoms with Crippen molar-refractivity contribution in [2.45, 2.75) is 46.6 Å². The average molecular weight is 285 g/mol. The largest absolute Gasteiger partial charge is 0.399 e. The Morgan fingerprint density at radius 3 is 2.47 bits per heavy atom. The average Bonchev–Trinajstić information content (AvgIpc) is 2.29. The van der Waals surface area contributed by atoms with E-state index >= 15 is 0 Å². The lowest BCUT2D eigenvalue weighted by atomic mass is 10.0. The topological polar surface area (TPSA) is 55.1 Å². The van der Waals surface area contributed by atoms with Crippen molar-refractivity contribution in [2.75, 3.05) is 5.73 Å². The van der Waals surface area contributed by atoms with Crippen LogP contribution < -0.4 is 11.1 Å². The smallest absolute Gasteiger partial charge is 0.251 e. The molecule has 1 amide bonds. The van der Waals surface area contributed by atoms with E-state index in [1.54, 1.807) is 6.07 Å². The third-order valence-corrected chi connectivity index (χ3v) is 3.06. The van der Waals surface area contributed by atoms with Crippen molar-refractivity contribution in [3.8, 4) is 0 Å². The summed E-state index contributed by atoms with van der Waals surface area (Å²) >= 11 is 0. The second kappa shape index (κ2) is 8.05. The van der Waals surface area contributed by atoms with Crippen LogP contribution in [0.5, 0.6) is 0 Å². The summed E-state index contributed by atoms with van der Waals surface area (Å²) in [6.45, 7) is 8.35. The molecule has 19 heavy (non-hydrogen) atoms. The molecule has 0 heterocycles. The highest BCUT2D eigenvalue weighted by Crippen LogP contribution is 2.13. The first-order chi connectivity index (χ1) is 8.40. The van der Waals surface area contributed by atoms with Crippen LogP contribution in [0.1, 0.15) is 49.5 Å². The van der Waals surface area contributed by atoms with Gasteiger partial charge in [-0.2, -0.15) is 0 Å². The van der Waals surface area contributed by atoms with Gasteiger partial charge < -0.3 is 11.1 Å². The Balaban J connectivity index is 0.00000324. The van der Waals surface area contributed by atoms with Gasteiger partial charge >= 0.3 is 0 Å². The molecule has 0 fully saturated rings. The molecule has 0 aliphatic heterocycles. The number of carbonyl (C=O) groups excluding carboxylic acids is 1. The minimum absolute atomic E-state index is 0. The summed E-state index contributed by atoms with van der Waals surface area (Å²) in [5.41, 5.74) is 7.97. The third-order valence-electron chi connectivity index (χ3n) is 3.06. The summed E-state index contributed by atoms with van der Waals surface area (Å²) in [4.78, 5) is 12.1. The number of rotatable bonds is 5. The zero-order chi connectivity index (χ0) is 13.7. The SMILES string of the molecule is Cc1ccc(N)cc1C(=O)NC(C)CCC(C)C.Cl. The molecule has 1 atom stereocenters. The number of benzene rings is 1. The van der Waals surface area contributed by atoms with Gasteiger partial charge in [-0.25, -0.2) is 0 Å². The van der Waals surface area contributed by atoms with Crippen LogP contribution in [0.3, 0.4) is 0 Å². The van der Waals surface area contributed by atoms with E-state index in [2.05, 4.69) is 19.2 Å². The van der Waals surface area contributed by atoms with Crippen molar-refractivity contribution in [3.63, 3.8) is 0 Å². The number of hydrogen-bond acceptors (Lipinski definition) is 2. The number of aryl methyl sites for hydroxylation is 1. The molecule has 0 bridgehead atoms. The highest BCUT2D eigenvalue weighted by molar-refractivity contribution is 5.96. The van der Waals surface area contributed by atoms with Crippen LogP contribution in [-0.2, 0) is 0 Å². The monoisotopic (exact) mass is 284 g/mol. The Hall–Kier alpha value is -1.22. The van der Waals surface area contributed by atoms with E-state index in [-0.39, 0.29) is 24.4 Å². The molecule has 0 aliphatic rings. The summed E-state index contributed by atoms with van der Waals surface area (Å²) in [5.74, 6) is 0.634. The van der Waals surface area contributed by atoms with Gasteiger partial charge in [-0.15, -0.1) is 12.4 Å². The lowest BCUT2D eigenvalue weighted by molar-refractivity contribution is 0.0936. The summed E-state index contributed by atoms with van der Waals surface area (Å²) < 4.78 is 0. The standard InChI is InChI=1S/C15H24N2O.ClH/c1-10(2)5-7-12(4)17-15(18)14-9-13(16)8-6-11(14)3;/h6,8-10,12H,5,7,16H2,1-4H3,(H,17,18);1H. The van der Waals surface area contributed by atoms with E-state index in [1.165, 1.54) is 0 Å². The summed E-state index contributed by atoms with van der Waals surface area (Å²) in [6, 6.07) is 5.62. The number of nitrogen functional groups attached to an aromatic ring is 1. The predicted molar refractivity (Wildman–Crippen MR) is 83.8 cm³/mol. The van der Waals surface area contributed by atoms with Crippen LogP contribution in [0, 0.1) is 12.8 Å². The van der Waals surface area contributed by atoms with Crippen LogP contribution in [-0.4, -0.2) is 11.9 Å². The van der Waals surface area contributed by atoms with Crippen LogP contribution in [0.25, 0.3) is 0 Å². The zero-order valence-corrected chi connectivity index (χ0v) is 13.0. The minimum atomic E-state index is -0.0314. The summed E-state index contributed by atoms with van der Waals surface area (Å²) in [5, 5.41) is 3.03. The molecule has 1 aromatic rings. The number of amides is 1. The fourth-order valence-corrected chi connectivity index (χ4v) is 1.84. The van der Waals surface area contributed by atoms with Crippen molar-refractivity contribution in [3.05, 3.63) is 29.3 Å². The van der Waals surface area contributed by atoms with E-state index < -0.39 is 0 Å². The van der Waals surface area contributed by atoms with E-state index in [0.717, 1.165) is 18.4 Å². The van der Waals surface area contributed by atoms with Gasteiger partial charge in [-0.1, -0.05) is 19.9 Å². The van der Waals surface area contributed by atoms with Gasteiger partial charge in [0, 0.05) is 17.3 Å². The molecule has 3 nitrogen and oxygen atoms in total. The van der Waals surface area contributed by atoms with E-state index in [9.17, 15) is 4.79 Å². The van der Waals surface area contributed by atoms with Gasteiger partial charge in [0.15, 0.2) is 0 Å². The zero-order valence-electron chi connectivity index (χ0n) is 12.2. The molecule has 0 spiro atoms. The number of halogens is 1. The molecule has 1 aromatic carbocycles. The fourth-order valence-electron chi connectivity index (χ4n) is 1.84. The second-order valence-corrected chi connectivity index (χ2v) is 5.42. The van der Waals surface area contributed by atoms with Gasteiger partial charge in [0.05, 0.1) is 0 Å². The van der Waals surface area contributed by atoms with Gasteiger partial charge in [-0.3, -0.25) is 4.79 Å². The van der Waals surface area contributed by atoms with Crippen molar-refractivity contribution in [1.29, 1.82) is 0 Å². The normalized spacial score (nSPS) is 11.8. The Kier molecular flexibility index (Phi) is 7.53. The highest BCUT2D eigenvalue weighted by Gasteiger charge is 2.12. The first-order valence-electron chi connectivity index (χ1n) is 6.57. The van der Waals surface area contributed by atoms with Gasteiger partial charge in [0.25, 0.3) is 5.91 Å². The number of nitrogens with two attached hydrogens (primary N) is 1. The summed E-state index contributed by atoms with van der Waals surface area (Å²) in [7, 11) is 0. The van der Waals surface area contributed by atoms with Crippen LogP contribution in [0.2, 0.25) is 0 Å². The Labute approximate surface area is 122 Å². The Morgan fingerprint density at radius 1 is 1.26 bits per heavy atom. The summed E-state index contributed by atoms with van der Waals surface area (Å²) in [6.07, 6.45) is 2.13. The van der Waals surface area contributed by atoms with Gasteiger partial charge in [0.1, 0.15) is 0 Å². The second-order valence-electron chi connectivity index (χ2n) is 5.42. The predicted octanol–water partition coefficient (Wildman–Crippen LogP) is 3.55. The molecule has 0 radical (unpaired) electrons. The van der Waals surface area contributed by atoms with Crippen molar-refractivity contribution < 1.29 is 4.79 Å². The Morgan fingerprint density at radius 2 is 1.89 bits per heavy atom. The van der Waals surface area contributed by atoms with Crippen molar-refractivity contribution in [1.82, 2.24) is 5.32 Å². The lowest BCUT2D eigenvalue weighted by Crippen LogP contribution is -2.33. The number of carbonyl (C=O) groups is 1. The first kappa shape index (κ1) is 17.8. The molecule has 0 saturated heterocycles. The van der Waals surface area contributed by atoms with Crippen LogP contribution in [0.15, 0.2) is 18.2 Å². The maximum atomic E-state index is 12.1. The van der Waals surface area contributed by atoms with Gasteiger partial charge in [-0.05, 0) is 50.3 Å². The molecule has 1 rings (SSSR count). The molecule has 0 aromatic heterocycles. The minimum Gasteiger partial charge on any atom is -0.399 e. The third kappa shape index (κ3) is 5.97. The fraction of sp³-hybridized carbons (Fsp3) is 0.533. The highest BCUT2D eigenvalue weighted by atomic mass is 35.5. The molecule has 108 valence electrons. The van der Waals surface area contributed by atoms with Crippen LogP contribution in [0.4, 0.5) is 5.69 Å². The Bertz CT molecular complexity index is 419. The van der Waals surface area contributed by atoms with Crippen molar-refractivity contribution >= 4 is 24.0 Å². The number of nitrogens with one attached hydrogen (secondary N) is 1. The van der Waals surface area contributed by atoms with E-state index in [1.807, 2.05) is 26.0 Å². The first-order valence-corrected chi connectivity index (χ1v) is 6.57. The molecule has 0 saturated carbocycles. The maximum absolute atomic E-state index is 12.1. The quantitative estimate of drug-likeness (QED) is 0.813. The lowest BCUT2D eigenvalue weighted by Gasteiger charge is -2.16.